The summed E-state index contributed by atoms with van der Waals surface area (Å²) in [6.45, 7) is 5.83. The van der Waals surface area contributed by atoms with Gasteiger partial charge in [0.15, 0.2) is 11.6 Å². The highest BCUT2D eigenvalue weighted by atomic mass is 19.4. The lowest BCUT2D eigenvalue weighted by Crippen LogP contribution is -2.32. The Balaban J connectivity index is 0.000000505. The van der Waals surface area contributed by atoms with Gasteiger partial charge in [-0.05, 0) is 13.0 Å². The van der Waals surface area contributed by atoms with Crippen LogP contribution in [0.25, 0.3) is 16.7 Å². The maximum atomic E-state index is 13.8. The Morgan fingerprint density at radius 1 is 1.16 bits per heavy atom. The molecule has 0 saturated carbocycles. The van der Waals surface area contributed by atoms with Crippen LogP contribution in [0.1, 0.15) is 26.6 Å². The van der Waals surface area contributed by atoms with E-state index < -0.39 is 23.9 Å². The quantitative estimate of drug-likeness (QED) is 0.414. The van der Waals surface area contributed by atoms with Crippen molar-refractivity contribution in [2.24, 2.45) is 5.92 Å². The molecular weight excluding hydrogens is 519 g/mol. The fraction of sp³-hybridized carbons (Fsp3) is 0.455. The number of anilines is 2. The van der Waals surface area contributed by atoms with Crippen molar-refractivity contribution in [3.05, 3.63) is 30.4 Å². The zero-order valence-corrected chi connectivity index (χ0v) is 20.7. The number of nitrogens with zero attached hydrogens (tertiary/aromatic N) is 6. The predicted molar refractivity (Wildman–Crippen MR) is 126 cm³/mol. The first kappa shape index (κ1) is 28.6. The Labute approximate surface area is 213 Å². The second kappa shape index (κ2) is 10.8. The van der Waals surface area contributed by atoms with Crippen molar-refractivity contribution >= 4 is 34.4 Å². The minimum Gasteiger partial charge on any atom is -0.475 e. The van der Waals surface area contributed by atoms with Crippen LogP contribution in [0.15, 0.2) is 24.5 Å². The molecule has 11 nitrogen and oxygen atoms in total. The molecule has 0 aliphatic carbocycles. The Hall–Kier alpha value is -3.95. The van der Waals surface area contributed by atoms with Gasteiger partial charge in [-0.25, -0.2) is 24.4 Å². The number of aromatic nitrogens is 5. The van der Waals surface area contributed by atoms with Gasteiger partial charge < -0.3 is 20.6 Å². The number of halogens is 5. The van der Waals surface area contributed by atoms with E-state index in [0.717, 1.165) is 25.4 Å². The second-order valence-corrected chi connectivity index (χ2v) is 8.71. The van der Waals surface area contributed by atoms with Crippen molar-refractivity contribution < 1.29 is 36.6 Å². The summed E-state index contributed by atoms with van der Waals surface area (Å²) in [7, 11) is 1.93. The number of carboxylic acids is 1. The number of carbonyl (C=O) groups excluding carboxylic acids is 1. The van der Waals surface area contributed by atoms with Crippen LogP contribution in [0.5, 0.6) is 0 Å². The normalized spacial score (nSPS) is 17.8. The van der Waals surface area contributed by atoms with E-state index in [0.29, 0.717) is 29.1 Å². The van der Waals surface area contributed by atoms with Crippen molar-refractivity contribution in [3.8, 4) is 5.82 Å². The van der Waals surface area contributed by atoms with Gasteiger partial charge in [0.25, 0.3) is 0 Å². The molecule has 4 heterocycles. The third-order valence-electron chi connectivity index (χ3n) is 5.63. The van der Waals surface area contributed by atoms with Crippen molar-refractivity contribution in [1.29, 1.82) is 0 Å². The number of fused-ring (bicyclic) bond motifs is 1. The van der Waals surface area contributed by atoms with E-state index in [1.54, 1.807) is 12.3 Å². The van der Waals surface area contributed by atoms with Crippen LogP contribution in [0.2, 0.25) is 0 Å². The first-order valence-electron chi connectivity index (χ1n) is 11.2. The molecule has 38 heavy (non-hydrogen) atoms. The first-order valence-corrected chi connectivity index (χ1v) is 11.2. The molecule has 0 aromatic carbocycles. The van der Waals surface area contributed by atoms with Crippen LogP contribution >= 0.6 is 0 Å². The average molecular weight is 544 g/mol. The maximum absolute atomic E-state index is 13.8. The highest BCUT2D eigenvalue weighted by Crippen LogP contribution is 2.33. The molecule has 0 bridgehead atoms. The zero-order chi connectivity index (χ0) is 28.4. The molecule has 4 rings (SSSR count). The third kappa shape index (κ3) is 6.48. The Morgan fingerprint density at radius 2 is 1.82 bits per heavy atom. The Kier molecular flexibility index (Phi) is 8.14. The lowest BCUT2D eigenvalue weighted by Gasteiger charge is -2.15. The molecule has 1 aliphatic rings. The van der Waals surface area contributed by atoms with Crippen LogP contribution in [0.4, 0.5) is 33.6 Å². The van der Waals surface area contributed by atoms with Gasteiger partial charge in [-0.15, -0.1) is 5.10 Å². The molecule has 1 saturated heterocycles. The number of aliphatic carboxylic acids is 1. The van der Waals surface area contributed by atoms with E-state index in [4.69, 9.17) is 15.0 Å². The molecule has 2 atom stereocenters. The van der Waals surface area contributed by atoms with Gasteiger partial charge in [-0.1, -0.05) is 6.92 Å². The molecule has 2 unspecified atom stereocenters. The van der Waals surface area contributed by atoms with Gasteiger partial charge >= 0.3 is 18.1 Å². The van der Waals surface area contributed by atoms with Gasteiger partial charge in [0, 0.05) is 57.5 Å². The summed E-state index contributed by atoms with van der Waals surface area (Å²) in [5.41, 5.74) is 0.596. The molecule has 1 fully saturated rings. The minimum absolute atomic E-state index is 0.208. The summed E-state index contributed by atoms with van der Waals surface area (Å²) < 4.78 is 60.9. The number of rotatable bonds is 5. The third-order valence-corrected chi connectivity index (χ3v) is 5.63. The molecular formula is C22H25F5N8O3. The monoisotopic (exact) mass is 544 g/mol. The molecule has 3 N–H and O–H groups in total. The zero-order valence-electron chi connectivity index (χ0n) is 20.7. The van der Waals surface area contributed by atoms with Gasteiger partial charge in [-0.2, -0.15) is 22.0 Å². The fourth-order valence-corrected chi connectivity index (χ4v) is 3.85. The standard InChI is InChI=1S/C20H24F2N8O.C2HF3O2/c1-11-9-29(10-14(11)23-4)18-13-8-25-16(26-12(2)31)7-15(13)30(28-18)17-5-6-24-19(27-17)20(3,21)22;3-2(4,5)1(6)7/h5-8,11,14,23H,9-10H2,1-4H3,(H,25,26,31);(H,6,7). The summed E-state index contributed by atoms with van der Waals surface area (Å²) in [6.07, 6.45) is -2.17. The summed E-state index contributed by atoms with van der Waals surface area (Å²) in [5.74, 6) is -5.16. The van der Waals surface area contributed by atoms with Gasteiger partial charge in [-0.3, -0.25) is 4.79 Å². The lowest BCUT2D eigenvalue weighted by atomic mass is 10.1. The van der Waals surface area contributed by atoms with Crippen LogP contribution in [-0.2, 0) is 15.5 Å². The largest absolute Gasteiger partial charge is 0.490 e. The first-order chi connectivity index (χ1) is 17.6. The topological polar surface area (TPSA) is 138 Å². The smallest absolute Gasteiger partial charge is 0.475 e. The second-order valence-electron chi connectivity index (χ2n) is 8.71. The highest BCUT2D eigenvalue weighted by Gasteiger charge is 2.38. The Bertz CT molecular complexity index is 1320. The number of hydrogen-bond acceptors (Lipinski definition) is 8. The minimum atomic E-state index is -5.08. The molecule has 206 valence electrons. The van der Waals surface area contributed by atoms with Crippen LogP contribution in [-0.4, -0.2) is 74.1 Å². The number of likely N-dealkylation sites (N-methyl/N-ethyl adjacent to an activating group) is 1. The predicted octanol–water partition coefficient (Wildman–Crippen LogP) is 2.96. The summed E-state index contributed by atoms with van der Waals surface area (Å²) in [4.78, 5) is 34.6. The van der Waals surface area contributed by atoms with Gasteiger partial charge in [0.2, 0.25) is 11.7 Å². The number of carboxylic acid groups (broad SMARTS) is 1. The van der Waals surface area contributed by atoms with E-state index in [2.05, 4.69) is 37.4 Å². The SMILES string of the molecule is CNC1CN(c2nn(-c3ccnc(C(C)(F)F)n3)c3cc(NC(C)=O)ncc23)CC1C.O=C(O)C(F)(F)F. The van der Waals surface area contributed by atoms with Crippen molar-refractivity contribution in [2.45, 2.75) is 38.9 Å². The summed E-state index contributed by atoms with van der Waals surface area (Å²) in [5, 5.41) is 18.5. The van der Waals surface area contributed by atoms with E-state index in [1.165, 1.54) is 23.9 Å². The number of amides is 1. The summed E-state index contributed by atoms with van der Waals surface area (Å²) >= 11 is 0. The van der Waals surface area contributed by atoms with E-state index in [9.17, 15) is 26.7 Å². The Morgan fingerprint density at radius 3 is 2.34 bits per heavy atom. The van der Waals surface area contributed by atoms with E-state index in [-0.39, 0.29) is 11.7 Å². The molecule has 0 spiro atoms. The molecule has 1 amide bonds. The molecule has 3 aromatic rings. The van der Waals surface area contributed by atoms with Crippen LogP contribution < -0.4 is 15.5 Å². The molecule has 16 heteroatoms. The summed E-state index contributed by atoms with van der Waals surface area (Å²) in [6, 6.07) is 3.48. The van der Waals surface area contributed by atoms with Crippen molar-refractivity contribution in [1.82, 2.24) is 30.0 Å². The molecule has 0 radical (unpaired) electrons. The number of carbonyl (C=O) groups is 2. The van der Waals surface area contributed by atoms with Gasteiger partial charge in [0.1, 0.15) is 5.82 Å². The highest BCUT2D eigenvalue weighted by molar-refractivity contribution is 5.95. The number of pyridine rings is 1. The van der Waals surface area contributed by atoms with Crippen molar-refractivity contribution in [2.75, 3.05) is 30.4 Å². The van der Waals surface area contributed by atoms with Gasteiger partial charge in [0.05, 0.1) is 10.9 Å². The number of alkyl halides is 5. The van der Waals surface area contributed by atoms with E-state index in [1.807, 2.05) is 7.05 Å². The average Bonchev–Trinajstić information content (AvgIpc) is 3.38. The fourth-order valence-electron chi connectivity index (χ4n) is 3.85. The number of nitrogens with one attached hydrogen (secondary N) is 2. The maximum Gasteiger partial charge on any atom is 0.490 e. The molecule has 1 aliphatic heterocycles. The van der Waals surface area contributed by atoms with Crippen LogP contribution in [0.3, 0.4) is 0 Å². The van der Waals surface area contributed by atoms with Crippen molar-refractivity contribution in [3.63, 3.8) is 0 Å². The van der Waals surface area contributed by atoms with Crippen LogP contribution in [0, 0.1) is 5.92 Å². The lowest BCUT2D eigenvalue weighted by molar-refractivity contribution is -0.192. The molecule has 3 aromatic heterocycles. The number of hydrogen-bond donors (Lipinski definition) is 3. The van der Waals surface area contributed by atoms with E-state index >= 15 is 0 Å².